The van der Waals surface area contributed by atoms with E-state index in [0.29, 0.717) is 12.5 Å². The molecule has 3 heterocycles. The van der Waals surface area contributed by atoms with Crippen molar-refractivity contribution in [3.63, 3.8) is 0 Å². The second kappa shape index (κ2) is 7.05. The highest BCUT2D eigenvalue weighted by atomic mass is 32.1. The zero-order valence-electron chi connectivity index (χ0n) is 13.6. The summed E-state index contributed by atoms with van der Waals surface area (Å²) in [7, 11) is 0. The highest BCUT2D eigenvalue weighted by Gasteiger charge is 2.41. The van der Waals surface area contributed by atoms with Gasteiger partial charge in [-0.05, 0) is 17.0 Å². The molecule has 1 amide bonds. The summed E-state index contributed by atoms with van der Waals surface area (Å²) >= 11 is 1.65. The summed E-state index contributed by atoms with van der Waals surface area (Å²) in [6, 6.07) is 14.9. The van der Waals surface area contributed by atoms with Crippen LogP contribution in [0.15, 0.2) is 47.8 Å². The molecule has 1 aromatic heterocycles. The van der Waals surface area contributed by atoms with E-state index in [0.717, 1.165) is 37.7 Å². The molecule has 2 saturated heterocycles. The van der Waals surface area contributed by atoms with Gasteiger partial charge in [0.2, 0.25) is 5.91 Å². The number of amides is 1. The van der Waals surface area contributed by atoms with Gasteiger partial charge in [-0.25, -0.2) is 0 Å². The Morgan fingerprint density at radius 1 is 1.17 bits per heavy atom. The fourth-order valence-electron chi connectivity index (χ4n) is 3.65. The number of carbonyl (C=O) groups is 1. The van der Waals surface area contributed by atoms with Crippen molar-refractivity contribution in [2.24, 2.45) is 0 Å². The van der Waals surface area contributed by atoms with Crippen molar-refractivity contribution in [1.82, 2.24) is 9.80 Å². The summed E-state index contributed by atoms with van der Waals surface area (Å²) in [4.78, 5) is 18.2. The van der Waals surface area contributed by atoms with Crippen LogP contribution in [0, 0.1) is 0 Å². The van der Waals surface area contributed by atoms with E-state index in [1.54, 1.807) is 11.3 Å². The quantitative estimate of drug-likeness (QED) is 0.855. The van der Waals surface area contributed by atoms with Gasteiger partial charge < -0.3 is 9.64 Å². The lowest BCUT2D eigenvalue weighted by Gasteiger charge is -2.36. The third-order valence-corrected chi connectivity index (χ3v) is 5.78. The van der Waals surface area contributed by atoms with E-state index in [1.807, 2.05) is 28.5 Å². The smallest absolute Gasteiger partial charge is 0.227 e. The van der Waals surface area contributed by atoms with Crippen molar-refractivity contribution in [1.29, 1.82) is 0 Å². The zero-order valence-corrected chi connectivity index (χ0v) is 14.5. The van der Waals surface area contributed by atoms with Crippen LogP contribution < -0.4 is 0 Å². The molecule has 2 aromatic rings. The first-order valence-electron chi connectivity index (χ1n) is 8.49. The third kappa shape index (κ3) is 3.38. The Morgan fingerprint density at radius 3 is 2.83 bits per heavy atom. The Morgan fingerprint density at radius 2 is 2.04 bits per heavy atom. The minimum Gasteiger partial charge on any atom is -0.373 e. The Hall–Kier alpha value is -1.69. The molecule has 0 unspecified atom stereocenters. The Labute approximate surface area is 146 Å². The first-order valence-corrected chi connectivity index (χ1v) is 9.37. The summed E-state index contributed by atoms with van der Waals surface area (Å²) in [6.07, 6.45) is 0.658. The van der Waals surface area contributed by atoms with Crippen LogP contribution >= 0.6 is 11.3 Å². The minimum atomic E-state index is 0.148. The number of ether oxygens (including phenoxy) is 1. The molecule has 5 heteroatoms. The number of likely N-dealkylation sites (tertiary alicyclic amines) is 1. The molecule has 1 aromatic carbocycles. The highest BCUT2D eigenvalue weighted by Crippen LogP contribution is 2.25. The molecule has 126 valence electrons. The van der Waals surface area contributed by atoms with Gasteiger partial charge in [0.15, 0.2) is 0 Å². The van der Waals surface area contributed by atoms with Crippen LogP contribution in [0.3, 0.4) is 0 Å². The summed E-state index contributed by atoms with van der Waals surface area (Å²) in [5.41, 5.74) is 1.32. The maximum atomic E-state index is 12.6. The lowest BCUT2D eigenvalue weighted by atomic mass is 10.1. The fourth-order valence-corrected chi connectivity index (χ4v) is 4.35. The highest BCUT2D eigenvalue weighted by molar-refractivity contribution is 7.10. The van der Waals surface area contributed by atoms with Gasteiger partial charge in [-0.1, -0.05) is 36.4 Å². The van der Waals surface area contributed by atoms with Crippen LogP contribution in [0.1, 0.15) is 10.4 Å². The summed E-state index contributed by atoms with van der Waals surface area (Å²) in [6.45, 7) is 4.12. The molecule has 4 nitrogen and oxygen atoms in total. The van der Waals surface area contributed by atoms with Crippen molar-refractivity contribution < 1.29 is 9.53 Å². The van der Waals surface area contributed by atoms with Crippen LogP contribution in [-0.4, -0.2) is 54.1 Å². The molecule has 2 atom stereocenters. The van der Waals surface area contributed by atoms with Gasteiger partial charge in [0.05, 0.1) is 25.2 Å². The van der Waals surface area contributed by atoms with E-state index >= 15 is 0 Å². The number of rotatable bonds is 4. The topological polar surface area (TPSA) is 32.8 Å². The molecule has 0 saturated carbocycles. The SMILES string of the molecule is O=C(Cc1cccs1)N1C[C@H]2OCCN(Cc3ccccc3)[C@H]2C1. The van der Waals surface area contributed by atoms with Crippen LogP contribution in [0.5, 0.6) is 0 Å². The van der Waals surface area contributed by atoms with Crippen molar-refractivity contribution in [3.05, 3.63) is 58.3 Å². The van der Waals surface area contributed by atoms with Gasteiger partial charge in [-0.2, -0.15) is 0 Å². The molecule has 0 aliphatic carbocycles. The van der Waals surface area contributed by atoms with Crippen molar-refractivity contribution in [3.8, 4) is 0 Å². The van der Waals surface area contributed by atoms with Gasteiger partial charge in [0.25, 0.3) is 0 Å². The van der Waals surface area contributed by atoms with Gasteiger partial charge >= 0.3 is 0 Å². The minimum absolute atomic E-state index is 0.148. The van der Waals surface area contributed by atoms with E-state index in [4.69, 9.17) is 4.74 Å². The largest absolute Gasteiger partial charge is 0.373 e. The maximum Gasteiger partial charge on any atom is 0.227 e. The van der Waals surface area contributed by atoms with Crippen LogP contribution in [0.4, 0.5) is 0 Å². The molecule has 2 fully saturated rings. The average molecular weight is 342 g/mol. The van der Waals surface area contributed by atoms with Gasteiger partial charge in [0.1, 0.15) is 0 Å². The summed E-state index contributed by atoms with van der Waals surface area (Å²) < 4.78 is 5.95. The van der Waals surface area contributed by atoms with Crippen LogP contribution in [-0.2, 0) is 22.5 Å². The van der Waals surface area contributed by atoms with Gasteiger partial charge in [-0.3, -0.25) is 9.69 Å². The third-order valence-electron chi connectivity index (χ3n) is 4.90. The second-order valence-corrected chi connectivity index (χ2v) is 7.52. The van der Waals surface area contributed by atoms with Crippen LogP contribution in [0.25, 0.3) is 0 Å². The molecule has 0 bridgehead atoms. The molecule has 0 spiro atoms. The van der Waals surface area contributed by atoms with E-state index in [-0.39, 0.29) is 12.0 Å². The number of thiophene rings is 1. The van der Waals surface area contributed by atoms with E-state index in [9.17, 15) is 4.79 Å². The number of benzene rings is 1. The van der Waals surface area contributed by atoms with E-state index < -0.39 is 0 Å². The molecular weight excluding hydrogens is 320 g/mol. The molecule has 2 aliphatic heterocycles. The Balaban J connectivity index is 1.41. The second-order valence-electron chi connectivity index (χ2n) is 6.49. The molecular formula is C19H22N2O2S. The predicted octanol–water partition coefficient (Wildman–Crippen LogP) is 2.40. The predicted molar refractivity (Wildman–Crippen MR) is 95.0 cm³/mol. The van der Waals surface area contributed by atoms with E-state index in [1.165, 1.54) is 5.56 Å². The van der Waals surface area contributed by atoms with E-state index in [2.05, 4.69) is 29.2 Å². The number of carbonyl (C=O) groups excluding carboxylic acids is 1. The molecule has 4 rings (SSSR count). The number of fused-ring (bicyclic) bond motifs is 1. The molecule has 0 radical (unpaired) electrons. The Kier molecular flexibility index (Phi) is 4.65. The first-order chi connectivity index (χ1) is 11.8. The van der Waals surface area contributed by atoms with Gasteiger partial charge in [-0.15, -0.1) is 11.3 Å². The van der Waals surface area contributed by atoms with Gasteiger partial charge in [0, 0.05) is 31.1 Å². The fraction of sp³-hybridized carbons (Fsp3) is 0.421. The number of morpholine rings is 1. The van der Waals surface area contributed by atoms with Crippen LogP contribution in [0.2, 0.25) is 0 Å². The molecule has 24 heavy (non-hydrogen) atoms. The molecule has 2 aliphatic rings. The summed E-state index contributed by atoms with van der Waals surface area (Å²) in [5.74, 6) is 0.218. The van der Waals surface area contributed by atoms with Crippen molar-refractivity contribution in [2.45, 2.75) is 25.1 Å². The number of hydrogen-bond acceptors (Lipinski definition) is 4. The number of nitrogens with zero attached hydrogens (tertiary/aromatic N) is 2. The monoisotopic (exact) mass is 342 g/mol. The van der Waals surface area contributed by atoms with Crippen molar-refractivity contribution >= 4 is 17.2 Å². The zero-order chi connectivity index (χ0) is 16.4. The molecule has 0 N–H and O–H groups in total. The lowest BCUT2D eigenvalue weighted by molar-refractivity contribution is -0.129. The lowest BCUT2D eigenvalue weighted by Crippen LogP contribution is -2.50. The average Bonchev–Trinajstić information content (AvgIpc) is 3.25. The first kappa shape index (κ1) is 15.8. The maximum absolute atomic E-state index is 12.6. The standard InChI is InChI=1S/C19H22N2O2S/c22-19(11-16-7-4-10-24-16)21-13-17-18(14-21)23-9-8-20(17)12-15-5-2-1-3-6-15/h1-7,10,17-18H,8-9,11-14H2/t17-,18+/m0/s1. The van der Waals surface area contributed by atoms with Crippen molar-refractivity contribution in [2.75, 3.05) is 26.2 Å². The normalized spacial score (nSPS) is 24.1. The summed E-state index contributed by atoms with van der Waals surface area (Å²) in [5, 5.41) is 2.02. The Bertz CT molecular complexity index is 674. The number of hydrogen-bond donors (Lipinski definition) is 0.